The van der Waals surface area contributed by atoms with Crippen LogP contribution in [0.3, 0.4) is 0 Å². The van der Waals surface area contributed by atoms with E-state index >= 15 is 0 Å². The molecule has 3 N–H and O–H groups in total. The van der Waals surface area contributed by atoms with Crippen LogP contribution in [-0.4, -0.2) is 35.4 Å². The summed E-state index contributed by atoms with van der Waals surface area (Å²) in [6, 6.07) is 1.61. The van der Waals surface area contributed by atoms with Gasteiger partial charge in [0.05, 0.1) is 10.0 Å². The Hall–Kier alpha value is -1.14. The highest BCUT2D eigenvalue weighted by Crippen LogP contribution is 2.09. The molecular weight excluding hydrogens is 310 g/mol. The summed E-state index contributed by atoms with van der Waals surface area (Å²) in [5.41, 5.74) is 6.16. The third kappa shape index (κ3) is 4.47. The van der Waals surface area contributed by atoms with Gasteiger partial charge in [0.15, 0.2) is 0 Å². The Kier molecular flexibility index (Phi) is 5.75. The van der Waals surface area contributed by atoms with Crippen LogP contribution in [0, 0.1) is 5.92 Å². The van der Waals surface area contributed by atoms with E-state index in [0.717, 1.165) is 6.42 Å². The first-order valence-electron chi connectivity index (χ1n) is 6.22. The molecule has 1 heterocycles. The molecule has 5 nitrogen and oxygen atoms in total. The maximum atomic E-state index is 12.1. The molecule has 0 aromatic carbocycles. The zero-order chi connectivity index (χ0) is 14.6. The molecule has 0 aliphatic carbocycles. The molecule has 0 fully saturated rings. The molecule has 1 amide bonds. The lowest BCUT2D eigenvalue weighted by Crippen LogP contribution is -2.34. The molecule has 1 aromatic heterocycles. The largest absolute Gasteiger partial charge is 0.342 e. The molecule has 0 saturated carbocycles. The fourth-order valence-corrected chi connectivity index (χ4v) is 1.94. The number of carbonyl (C=O) groups is 1. The maximum Gasteiger partial charge on any atom is 0.262 e. The van der Waals surface area contributed by atoms with Crippen LogP contribution in [0.1, 0.15) is 30.6 Å². The molecule has 0 spiro atoms. The van der Waals surface area contributed by atoms with E-state index in [9.17, 15) is 9.59 Å². The monoisotopic (exact) mass is 329 g/mol. The molecule has 0 radical (unpaired) electrons. The highest BCUT2D eigenvalue weighted by atomic mass is 79.9. The van der Waals surface area contributed by atoms with Crippen molar-refractivity contribution in [1.82, 2.24) is 9.88 Å². The van der Waals surface area contributed by atoms with Gasteiger partial charge in [-0.1, -0.05) is 13.8 Å². The Bertz CT molecular complexity index is 499. The smallest absolute Gasteiger partial charge is 0.262 e. The highest BCUT2D eigenvalue weighted by molar-refractivity contribution is 9.10. The van der Waals surface area contributed by atoms with Crippen LogP contribution in [0.2, 0.25) is 0 Å². The van der Waals surface area contributed by atoms with Gasteiger partial charge in [-0.2, -0.15) is 0 Å². The highest BCUT2D eigenvalue weighted by Gasteiger charge is 2.15. The number of carbonyl (C=O) groups excluding carboxylic acids is 1. The molecule has 1 atom stereocenters. The molecule has 1 aromatic rings. The molecule has 0 aliphatic heterocycles. The predicted molar refractivity (Wildman–Crippen MR) is 79.2 cm³/mol. The van der Waals surface area contributed by atoms with Gasteiger partial charge in [0.25, 0.3) is 11.5 Å². The predicted octanol–water partition coefficient (Wildman–Crippen LogP) is 1.58. The van der Waals surface area contributed by atoms with Gasteiger partial charge in [-0.05, 0) is 34.3 Å². The number of aromatic nitrogens is 1. The second-order valence-corrected chi connectivity index (χ2v) is 5.84. The lowest BCUT2D eigenvalue weighted by atomic mass is 10.0. The van der Waals surface area contributed by atoms with E-state index in [4.69, 9.17) is 5.73 Å². The number of nitrogens with zero attached hydrogens (tertiary/aromatic N) is 1. The fourth-order valence-electron chi connectivity index (χ4n) is 1.58. The third-order valence-corrected chi connectivity index (χ3v) is 3.69. The van der Waals surface area contributed by atoms with Crippen LogP contribution < -0.4 is 11.3 Å². The van der Waals surface area contributed by atoms with Crippen molar-refractivity contribution >= 4 is 21.8 Å². The van der Waals surface area contributed by atoms with Crippen molar-refractivity contribution < 1.29 is 4.79 Å². The molecule has 6 heteroatoms. The number of amides is 1. The standard InChI is InChI=1S/C13H20BrN3O2/c1-8(2)11(15)4-5-17(3)13(19)9-6-10(14)12(18)16-7-9/h6-8,11H,4-5,15H2,1-3H3,(H,16,18). The fraction of sp³-hybridized carbons (Fsp3) is 0.538. The van der Waals surface area contributed by atoms with Crippen molar-refractivity contribution in [2.24, 2.45) is 11.7 Å². The second kappa shape index (κ2) is 6.86. The van der Waals surface area contributed by atoms with Crippen LogP contribution in [0.15, 0.2) is 21.5 Å². The second-order valence-electron chi connectivity index (χ2n) is 4.99. The Morgan fingerprint density at radius 3 is 2.68 bits per heavy atom. The summed E-state index contributed by atoms with van der Waals surface area (Å²) < 4.78 is 0.352. The molecule has 106 valence electrons. The first-order valence-corrected chi connectivity index (χ1v) is 7.01. The van der Waals surface area contributed by atoms with Crippen molar-refractivity contribution in [3.63, 3.8) is 0 Å². The Labute approximate surface area is 121 Å². The van der Waals surface area contributed by atoms with E-state index in [1.807, 2.05) is 0 Å². The molecule has 0 aliphatic rings. The average molecular weight is 330 g/mol. The number of rotatable bonds is 5. The zero-order valence-corrected chi connectivity index (χ0v) is 13.0. The van der Waals surface area contributed by atoms with E-state index in [2.05, 4.69) is 34.8 Å². The first-order chi connectivity index (χ1) is 8.82. The van der Waals surface area contributed by atoms with E-state index in [-0.39, 0.29) is 17.5 Å². The van der Waals surface area contributed by atoms with Gasteiger partial charge < -0.3 is 15.6 Å². The van der Waals surface area contributed by atoms with Crippen molar-refractivity contribution in [1.29, 1.82) is 0 Å². The molecule has 1 rings (SSSR count). The van der Waals surface area contributed by atoms with Gasteiger partial charge in [-0.3, -0.25) is 9.59 Å². The maximum absolute atomic E-state index is 12.1. The van der Waals surface area contributed by atoms with Crippen LogP contribution >= 0.6 is 15.9 Å². The molecular formula is C13H20BrN3O2. The summed E-state index contributed by atoms with van der Waals surface area (Å²) in [5.74, 6) is 0.263. The van der Waals surface area contributed by atoms with Gasteiger partial charge >= 0.3 is 0 Å². The van der Waals surface area contributed by atoms with Crippen molar-refractivity contribution in [3.05, 3.63) is 32.7 Å². The van der Waals surface area contributed by atoms with Gasteiger partial charge in [0.1, 0.15) is 0 Å². The number of pyridine rings is 1. The molecule has 1 unspecified atom stereocenters. The van der Waals surface area contributed by atoms with Crippen molar-refractivity contribution in [2.45, 2.75) is 26.3 Å². The van der Waals surface area contributed by atoms with Crippen molar-refractivity contribution in [3.8, 4) is 0 Å². The Morgan fingerprint density at radius 1 is 1.53 bits per heavy atom. The average Bonchev–Trinajstić information content (AvgIpc) is 2.37. The number of hydrogen-bond donors (Lipinski definition) is 2. The Balaban J connectivity index is 2.66. The minimum absolute atomic E-state index is 0.0811. The molecule has 0 bridgehead atoms. The summed E-state index contributed by atoms with van der Waals surface area (Å²) >= 11 is 3.11. The SMILES string of the molecule is CC(C)C(N)CCN(C)C(=O)c1c[nH]c(=O)c(Br)c1. The summed E-state index contributed by atoms with van der Waals surface area (Å²) in [5, 5.41) is 0. The number of hydrogen-bond acceptors (Lipinski definition) is 3. The Morgan fingerprint density at radius 2 is 2.16 bits per heavy atom. The summed E-state index contributed by atoms with van der Waals surface area (Å²) in [6.07, 6.45) is 2.18. The number of nitrogens with two attached hydrogens (primary N) is 1. The van der Waals surface area contributed by atoms with Gasteiger partial charge in [0, 0.05) is 25.8 Å². The van der Waals surface area contributed by atoms with Gasteiger partial charge in [-0.25, -0.2) is 0 Å². The summed E-state index contributed by atoms with van der Waals surface area (Å²) in [7, 11) is 1.73. The van der Waals surface area contributed by atoms with E-state index in [0.29, 0.717) is 22.5 Å². The van der Waals surface area contributed by atoms with Crippen LogP contribution in [0.4, 0.5) is 0 Å². The quantitative estimate of drug-likeness (QED) is 0.860. The van der Waals surface area contributed by atoms with E-state index in [1.54, 1.807) is 11.9 Å². The molecule has 0 saturated heterocycles. The number of H-pyrrole nitrogens is 1. The molecule has 19 heavy (non-hydrogen) atoms. The van der Waals surface area contributed by atoms with Crippen LogP contribution in [0.5, 0.6) is 0 Å². The lowest BCUT2D eigenvalue weighted by molar-refractivity contribution is 0.0788. The van der Waals surface area contributed by atoms with E-state index in [1.165, 1.54) is 12.3 Å². The van der Waals surface area contributed by atoms with Gasteiger partial charge in [0.2, 0.25) is 0 Å². The number of nitrogens with one attached hydrogen (secondary N) is 1. The topological polar surface area (TPSA) is 79.2 Å². The lowest BCUT2D eigenvalue weighted by Gasteiger charge is -2.21. The minimum Gasteiger partial charge on any atom is -0.342 e. The number of aromatic amines is 1. The van der Waals surface area contributed by atoms with Gasteiger partial charge in [-0.15, -0.1) is 0 Å². The summed E-state index contributed by atoms with van der Waals surface area (Å²) in [4.78, 5) is 27.5. The van der Waals surface area contributed by atoms with Crippen LogP contribution in [-0.2, 0) is 0 Å². The minimum atomic E-state index is -0.249. The normalized spacial score (nSPS) is 12.5. The third-order valence-electron chi connectivity index (χ3n) is 3.11. The number of halogens is 1. The summed E-state index contributed by atoms with van der Waals surface area (Å²) in [6.45, 7) is 4.71. The van der Waals surface area contributed by atoms with E-state index < -0.39 is 0 Å². The van der Waals surface area contributed by atoms with Crippen molar-refractivity contribution in [2.75, 3.05) is 13.6 Å². The zero-order valence-electron chi connectivity index (χ0n) is 11.4. The van der Waals surface area contributed by atoms with Crippen LogP contribution in [0.25, 0.3) is 0 Å². The first kappa shape index (κ1) is 15.9.